The standard InChI is InChI=1S/C24H27N5O5S/c1-27(2)13-14-29-21-15-19(5-8-22(21)34-24(29)31)26-23(30)18-9-11-28(12-10-18)35(32,33)20-6-3-17(16-25)4-7-20/h3-8,15,18H,9-14H2,1-2H3,(H,26,30). The number of amides is 1. The summed E-state index contributed by atoms with van der Waals surface area (Å²) in [6.45, 7) is 1.58. The largest absolute Gasteiger partial charge is 0.419 e. The van der Waals surface area contributed by atoms with Gasteiger partial charge in [0.25, 0.3) is 0 Å². The molecular formula is C24H27N5O5S. The predicted molar refractivity (Wildman–Crippen MR) is 130 cm³/mol. The van der Waals surface area contributed by atoms with Gasteiger partial charge in [-0.25, -0.2) is 13.2 Å². The first-order valence-corrected chi connectivity index (χ1v) is 12.7. The third-order valence-corrected chi connectivity index (χ3v) is 8.06. The molecule has 0 atom stereocenters. The Bertz CT molecular complexity index is 1430. The number of carbonyl (C=O) groups excluding carboxylic acids is 1. The molecule has 0 unspecified atom stereocenters. The number of hydrogen-bond donors (Lipinski definition) is 1. The number of fused-ring (bicyclic) bond motifs is 1. The summed E-state index contributed by atoms with van der Waals surface area (Å²) in [6.07, 6.45) is 0.783. The summed E-state index contributed by atoms with van der Waals surface area (Å²) in [5.41, 5.74) is 2.00. The maximum atomic E-state index is 12.9. The average Bonchev–Trinajstić information content (AvgIpc) is 3.16. The van der Waals surface area contributed by atoms with Crippen molar-refractivity contribution in [1.82, 2.24) is 13.8 Å². The van der Waals surface area contributed by atoms with Crippen LogP contribution in [0.5, 0.6) is 0 Å². The lowest BCUT2D eigenvalue weighted by atomic mass is 9.97. The summed E-state index contributed by atoms with van der Waals surface area (Å²) in [6, 6.07) is 12.8. The molecular weight excluding hydrogens is 470 g/mol. The fourth-order valence-electron chi connectivity index (χ4n) is 4.10. The molecule has 2 heterocycles. The Kier molecular flexibility index (Phi) is 7.07. The molecule has 1 fully saturated rings. The first-order valence-electron chi connectivity index (χ1n) is 11.3. The van der Waals surface area contributed by atoms with Crippen molar-refractivity contribution in [2.75, 3.05) is 39.0 Å². The van der Waals surface area contributed by atoms with E-state index in [9.17, 15) is 18.0 Å². The monoisotopic (exact) mass is 497 g/mol. The molecule has 1 aliphatic rings. The van der Waals surface area contributed by atoms with Crippen LogP contribution in [0.15, 0.2) is 56.6 Å². The molecule has 1 aromatic heterocycles. The van der Waals surface area contributed by atoms with Crippen LogP contribution >= 0.6 is 0 Å². The lowest BCUT2D eigenvalue weighted by Gasteiger charge is -2.30. The molecule has 1 amide bonds. The number of carbonyl (C=O) groups is 1. The van der Waals surface area contributed by atoms with Crippen LogP contribution in [0, 0.1) is 17.2 Å². The smallest absolute Gasteiger partial charge is 0.408 e. The van der Waals surface area contributed by atoms with E-state index in [2.05, 4.69) is 5.32 Å². The summed E-state index contributed by atoms with van der Waals surface area (Å²) >= 11 is 0. The Morgan fingerprint density at radius 2 is 1.86 bits per heavy atom. The summed E-state index contributed by atoms with van der Waals surface area (Å²) in [5.74, 6) is -0.968. The molecule has 2 aromatic carbocycles. The van der Waals surface area contributed by atoms with Crippen molar-refractivity contribution in [2.24, 2.45) is 5.92 Å². The highest BCUT2D eigenvalue weighted by atomic mass is 32.2. The minimum atomic E-state index is -3.69. The number of nitrogens with one attached hydrogen (secondary N) is 1. The number of hydrogen-bond acceptors (Lipinski definition) is 7. The Morgan fingerprint density at radius 1 is 1.17 bits per heavy atom. The molecule has 11 heteroatoms. The second kappa shape index (κ2) is 10.0. The van der Waals surface area contributed by atoms with E-state index in [1.807, 2.05) is 25.1 Å². The topological polar surface area (TPSA) is 129 Å². The highest BCUT2D eigenvalue weighted by Crippen LogP contribution is 2.26. The van der Waals surface area contributed by atoms with Crippen LogP contribution in [-0.4, -0.2) is 61.8 Å². The van der Waals surface area contributed by atoms with Crippen molar-refractivity contribution in [3.8, 4) is 6.07 Å². The fraction of sp³-hybridized carbons (Fsp3) is 0.375. The van der Waals surface area contributed by atoms with Crippen LogP contribution in [0.4, 0.5) is 5.69 Å². The normalized spacial score (nSPS) is 15.4. The zero-order valence-corrected chi connectivity index (χ0v) is 20.4. The molecule has 0 aliphatic carbocycles. The SMILES string of the molecule is CN(C)CCn1c(=O)oc2ccc(NC(=O)C3CCN(S(=O)(=O)c4ccc(C#N)cc4)CC3)cc21. The van der Waals surface area contributed by atoms with E-state index < -0.39 is 15.8 Å². The van der Waals surface area contributed by atoms with E-state index in [-0.39, 0.29) is 29.8 Å². The van der Waals surface area contributed by atoms with E-state index in [4.69, 9.17) is 9.68 Å². The van der Waals surface area contributed by atoms with Crippen LogP contribution in [0.1, 0.15) is 18.4 Å². The zero-order valence-electron chi connectivity index (χ0n) is 19.6. The molecule has 0 radical (unpaired) electrons. The lowest BCUT2D eigenvalue weighted by molar-refractivity contribution is -0.120. The molecule has 4 rings (SSSR count). The van der Waals surface area contributed by atoms with Gasteiger partial charge in [-0.1, -0.05) is 0 Å². The van der Waals surface area contributed by atoms with Crippen molar-refractivity contribution >= 4 is 32.7 Å². The van der Waals surface area contributed by atoms with Gasteiger partial charge in [0.05, 0.1) is 22.0 Å². The van der Waals surface area contributed by atoms with E-state index in [0.29, 0.717) is 48.3 Å². The van der Waals surface area contributed by atoms with E-state index in [1.165, 1.54) is 33.1 Å². The first kappa shape index (κ1) is 24.7. The minimum Gasteiger partial charge on any atom is -0.408 e. The number of piperidine rings is 1. The molecule has 10 nitrogen and oxygen atoms in total. The number of nitrogens with zero attached hydrogens (tertiary/aromatic N) is 4. The Morgan fingerprint density at radius 3 is 2.49 bits per heavy atom. The molecule has 0 saturated carbocycles. The molecule has 0 spiro atoms. The quantitative estimate of drug-likeness (QED) is 0.529. The number of nitriles is 1. The van der Waals surface area contributed by atoms with Crippen LogP contribution < -0.4 is 11.1 Å². The van der Waals surface area contributed by atoms with Gasteiger partial charge in [-0.15, -0.1) is 0 Å². The van der Waals surface area contributed by atoms with Crippen molar-refractivity contribution in [3.05, 3.63) is 58.6 Å². The minimum absolute atomic E-state index is 0.133. The predicted octanol–water partition coefficient (Wildman–Crippen LogP) is 2.07. The lowest BCUT2D eigenvalue weighted by Crippen LogP contribution is -2.41. The van der Waals surface area contributed by atoms with E-state index in [1.54, 1.807) is 18.2 Å². The van der Waals surface area contributed by atoms with Crippen molar-refractivity contribution in [1.29, 1.82) is 5.26 Å². The number of aromatic nitrogens is 1. The van der Waals surface area contributed by atoms with Crippen LogP contribution in [0.3, 0.4) is 0 Å². The van der Waals surface area contributed by atoms with Gasteiger partial charge in [0.15, 0.2) is 5.58 Å². The fourth-order valence-corrected chi connectivity index (χ4v) is 5.57. The molecule has 1 N–H and O–H groups in total. The average molecular weight is 498 g/mol. The zero-order chi connectivity index (χ0) is 25.2. The van der Waals surface area contributed by atoms with Crippen LogP contribution in [0.25, 0.3) is 11.1 Å². The number of sulfonamides is 1. The molecule has 1 aliphatic heterocycles. The Hall–Kier alpha value is -3.46. The van der Waals surface area contributed by atoms with Crippen molar-refractivity contribution in [2.45, 2.75) is 24.3 Å². The van der Waals surface area contributed by atoms with Gasteiger partial charge in [-0.3, -0.25) is 9.36 Å². The second-order valence-corrected chi connectivity index (χ2v) is 10.7. The van der Waals surface area contributed by atoms with E-state index in [0.717, 1.165) is 0 Å². The van der Waals surface area contributed by atoms with Gasteiger partial charge in [-0.2, -0.15) is 9.57 Å². The number of benzene rings is 2. The second-order valence-electron chi connectivity index (χ2n) is 8.81. The van der Waals surface area contributed by atoms with Gasteiger partial charge >= 0.3 is 5.76 Å². The number of oxazole rings is 1. The Labute approximate surface area is 203 Å². The Balaban J connectivity index is 1.41. The van der Waals surface area contributed by atoms with E-state index >= 15 is 0 Å². The summed E-state index contributed by atoms with van der Waals surface area (Å²) < 4.78 is 34.0. The summed E-state index contributed by atoms with van der Waals surface area (Å²) in [7, 11) is 0.146. The van der Waals surface area contributed by atoms with Crippen molar-refractivity contribution in [3.63, 3.8) is 0 Å². The maximum absolute atomic E-state index is 12.9. The van der Waals surface area contributed by atoms with Gasteiger partial charge in [-0.05, 0) is 69.4 Å². The number of likely N-dealkylation sites (N-methyl/N-ethyl adjacent to an activating group) is 1. The first-order chi connectivity index (χ1) is 16.7. The molecule has 184 valence electrons. The molecule has 1 saturated heterocycles. The maximum Gasteiger partial charge on any atom is 0.419 e. The molecule has 3 aromatic rings. The van der Waals surface area contributed by atoms with Crippen LogP contribution in [-0.2, 0) is 21.4 Å². The van der Waals surface area contributed by atoms with Gasteiger partial charge in [0, 0.05) is 37.8 Å². The van der Waals surface area contributed by atoms with Crippen LogP contribution in [0.2, 0.25) is 0 Å². The van der Waals surface area contributed by atoms with Gasteiger partial charge < -0.3 is 14.6 Å². The molecule has 35 heavy (non-hydrogen) atoms. The highest BCUT2D eigenvalue weighted by Gasteiger charge is 2.32. The van der Waals surface area contributed by atoms with Gasteiger partial charge in [0.2, 0.25) is 15.9 Å². The highest BCUT2D eigenvalue weighted by molar-refractivity contribution is 7.89. The third-order valence-electron chi connectivity index (χ3n) is 6.15. The summed E-state index contributed by atoms with van der Waals surface area (Å²) in [4.78, 5) is 27.2. The van der Waals surface area contributed by atoms with Crippen molar-refractivity contribution < 1.29 is 17.6 Å². The summed E-state index contributed by atoms with van der Waals surface area (Å²) in [5, 5.41) is 11.8. The third kappa shape index (κ3) is 5.30. The number of anilines is 1. The number of rotatable bonds is 7. The molecule has 0 bridgehead atoms. The van der Waals surface area contributed by atoms with Gasteiger partial charge in [0.1, 0.15) is 0 Å².